The van der Waals surface area contributed by atoms with E-state index >= 15 is 0 Å². The maximum Gasteiger partial charge on any atom is 0.362 e. The zero-order valence-electron chi connectivity index (χ0n) is 9.70. The Labute approximate surface area is 103 Å². The van der Waals surface area contributed by atoms with Crippen molar-refractivity contribution < 1.29 is 9.53 Å². The largest absolute Gasteiger partial charge is 0.461 e. The van der Waals surface area contributed by atoms with Gasteiger partial charge in [-0.25, -0.2) is 9.78 Å². The Hall–Kier alpha value is -2.57. The molecule has 0 spiro atoms. The molecule has 2 rings (SSSR count). The van der Waals surface area contributed by atoms with E-state index in [1.807, 2.05) is 0 Å². The highest BCUT2D eigenvalue weighted by Crippen LogP contribution is 2.15. The second kappa shape index (κ2) is 5.17. The van der Waals surface area contributed by atoms with Gasteiger partial charge in [-0.2, -0.15) is 0 Å². The van der Waals surface area contributed by atoms with Crippen LogP contribution in [-0.2, 0) is 4.74 Å². The van der Waals surface area contributed by atoms with Gasteiger partial charge >= 0.3 is 5.97 Å². The number of carbonyl (C=O) groups excluding carboxylic acids is 1. The highest BCUT2D eigenvalue weighted by molar-refractivity contribution is 5.91. The minimum atomic E-state index is -0.628. The lowest BCUT2D eigenvalue weighted by atomic mass is 10.2. The molecule has 0 saturated carbocycles. The van der Waals surface area contributed by atoms with Crippen LogP contribution in [-0.4, -0.2) is 32.7 Å². The standard InChI is InChI=1S/C11H11N5O2/c1-2-18-11(17)8-9(12)14-10(16-15-8)7-3-5-13-6-4-7/h3-6H,2H2,1H3,(H2,12,14,16). The fourth-order valence-electron chi connectivity index (χ4n) is 1.31. The van der Waals surface area contributed by atoms with E-state index in [1.165, 1.54) is 0 Å². The summed E-state index contributed by atoms with van der Waals surface area (Å²) in [5, 5.41) is 7.58. The summed E-state index contributed by atoms with van der Waals surface area (Å²) in [6, 6.07) is 3.45. The van der Waals surface area contributed by atoms with Gasteiger partial charge in [0.25, 0.3) is 0 Å². The summed E-state index contributed by atoms with van der Waals surface area (Å²) in [7, 11) is 0. The number of hydrogen-bond donors (Lipinski definition) is 1. The number of anilines is 1. The van der Waals surface area contributed by atoms with Gasteiger partial charge in [-0.05, 0) is 19.1 Å². The fraction of sp³-hybridized carbons (Fsp3) is 0.182. The first-order valence-electron chi connectivity index (χ1n) is 5.30. The minimum absolute atomic E-state index is 0.00439. The number of carbonyl (C=O) groups is 1. The first kappa shape index (κ1) is 11.9. The molecule has 0 bridgehead atoms. The van der Waals surface area contributed by atoms with Crippen LogP contribution in [0, 0.1) is 0 Å². The smallest absolute Gasteiger partial charge is 0.362 e. The lowest BCUT2D eigenvalue weighted by Crippen LogP contribution is -2.13. The molecule has 0 aromatic carbocycles. The van der Waals surface area contributed by atoms with Crippen LogP contribution in [0.2, 0.25) is 0 Å². The van der Waals surface area contributed by atoms with Crippen molar-refractivity contribution in [1.29, 1.82) is 0 Å². The molecule has 0 fully saturated rings. The average molecular weight is 245 g/mol. The summed E-state index contributed by atoms with van der Waals surface area (Å²) in [4.78, 5) is 19.4. The molecule has 92 valence electrons. The van der Waals surface area contributed by atoms with Gasteiger partial charge < -0.3 is 10.5 Å². The number of hydrogen-bond acceptors (Lipinski definition) is 7. The van der Waals surface area contributed by atoms with Gasteiger partial charge in [0.2, 0.25) is 5.69 Å². The van der Waals surface area contributed by atoms with Crippen molar-refractivity contribution in [3.63, 3.8) is 0 Å². The first-order chi connectivity index (χ1) is 8.72. The Morgan fingerprint density at radius 2 is 2.06 bits per heavy atom. The predicted molar refractivity (Wildman–Crippen MR) is 63.4 cm³/mol. The molecule has 0 atom stereocenters. The number of esters is 1. The van der Waals surface area contributed by atoms with E-state index < -0.39 is 5.97 Å². The van der Waals surface area contributed by atoms with E-state index in [2.05, 4.69) is 20.2 Å². The Balaban J connectivity index is 2.34. The van der Waals surface area contributed by atoms with Gasteiger partial charge in [-0.1, -0.05) is 0 Å². The van der Waals surface area contributed by atoms with E-state index in [0.29, 0.717) is 5.82 Å². The third-order valence-electron chi connectivity index (χ3n) is 2.12. The van der Waals surface area contributed by atoms with Crippen LogP contribution < -0.4 is 5.73 Å². The van der Waals surface area contributed by atoms with Crippen molar-refractivity contribution in [1.82, 2.24) is 20.2 Å². The second-order valence-electron chi connectivity index (χ2n) is 3.33. The van der Waals surface area contributed by atoms with Crippen molar-refractivity contribution >= 4 is 11.8 Å². The zero-order chi connectivity index (χ0) is 13.0. The van der Waals surface area contributed by atoms with E-state index in [1.54, 1.807) is 31.5 Å². The predicted octanol–water partition coefficient (Wildman–Crippen LogP) is 0.693. The van der Waals surface area contributed by atoms with Crippen LogP contribution >= 0.6 is 0 Å². The molecular formula is C11H11N5O2. The average Bonchev–Trinajstić information content (AvgIpc) is 2.40. The third-order valence-corrected chi connectivity index (χ3v) is 2.12. The molecule has 2 aromatic rings. The van der Waals surface area contributed by atoms with Gasteiger partial charge in [-0.15, -0.1) is 10.2 Å². The summed E-state index contributed by atoms with van der Waals surface area (Å²) < 4.78 is 4.78. The van der Waals surface area contributed by atoms with E-state index in [9.17, 15) is 4.79 Å². The zero-order valence-corrected chi connectivity index (χ0v) is 9.70. The number of pyridine rings is 1. The molecule has 0 amide bonds. The minimum Gasteiger partial charge on any atom is -0.461 e. The third kappa shape index (κ3) is 2.40. The molecule has 2 aromatic heterocycles. The van der Waals surface area contributed by atoms with Crippen molar-refractivity contribution in [3.8, 4) is 11.4 Å². The van der Waals surface area contributed by atoms with Crippen LogP contribution in [0.15, 0.2) is 24.5 Å². The lowest BCUT2D eigenvalue weighted by molar-refractivity contribution is 0.0519. The van der Waals surface area contributed by atoms with Gasteiger partial charge in [0, 0.05) is 18.0 Å². The van der Waals surface area contributed by atoms with Crippen LogP contribution in [0.1, 0.15) is 17.4 Å². The SMILES string of the molecule is CCOC(=O)c1nnc(-c2ccncc2)nc1N. The Bertz CT molecular complexity index is 559. The number of nitrogen functional groups attached to an aromatic ring is 1. The topological polar surface area (TPSA) is 104 Å². The summed E-state index contributed by atoms with van der Waals surface area (Å²) in [5.74, 6) is -0.297. The number of nitrogens with zero attached hydrogens (tertiary/aromatic N) is 4. The molecule has 18 heavy (non-hydrogen) atoms. The molecule has 7 nitrogen and oxygen atoms in total. The monoisotopic (exact) mass is 245 g/mol. The van der Waals surface area contributed by atoms with Gasteiger partial charge in [0.05, 0.1) is 6.61 Å². The van der Waals surface area contributed by atoms with E-state index in [0.717, 1.165) is 5.56 Å². The number of aromatic nitrogens is 4. The molecule has 2 N–H and O–H groups in total. The molecule has 0 radical (unpaired) electrons. The van der Waals surface area contributed by atoms with E-state index in [4.69, 9.17) is 10.5 Å². The van der Waals surface area contributed by atoms with Crippen LogP contribution in [0.5, 0.6) is 0 Å². The molecule has 0 aliphatic heterocycles. The second-order valence-corrected chi connectivity index (χ2v) is 3.33. The summed E-state index contributed by atoms with van der Waals surface area (Å²) in [5.41, 5.74) is 6.31. The number of rotatable bonds is 3. The highest BCUT2D eigenvalue weighted by atomic mass is 16.5. The Morgan fingerprint density at radius 3 is 2.67 bits per heavy atom. The lowest BCUT2D eigenvalue weighted by Gasteiger charge is -2.04. The number of ether oxygens (including phenoxy) is 1. The van der Waals surface area contributed by atoms with Gasteiger partial charge in [0.15, 0.2) is 11.6 Å². The van der Waals surface area contributed by atoms with Crippen molar-refractivity contribution in [2.45, 2.75) is 6.92 Å². The van der Waals surface area contributed by atoms with Crippen LogP contribution in [0.3, 0.4) is 0 Å². The Kier molecular flexibility index (Phi) is 3.42. The van der Waals surface area contributed by atoms with Crippen LogP contribution in [0.4, 0.5) is 5.82 Å². The highest BCUT2D eigenvalue weighted by Gasteiger charge is 2.16. The van der Waals surface area contributed by atoms with Crippen molar-refractivity contribution in [2.24, 2.45) is 0 Å². The number of nitrogens with two attached hydrogens (primary N) is 1. The molecule has 0 unspecified atom stereocenters. The molecule has 0 aliphatic rings. The summed E-state index contributed by atoms with van der Waals surface area (Å²) in [6.07, 6.45) is 3.21. The van der Waals surface area contributed by atoms with Gasteiger partial charge in [-0.3, -0.25) is 4.98 Å². The maximum atomic E-state index is 11.5. The van der Waals surface area contributed by atoms with Crippen molar-refractivity contribution in [2.75, 3.05) is 12.3 Å². The van der Waals surface area contributed by atoms with E-state index in [-0.39, 0.29) is 18.1 Å². The molecular weight excluding hydrogens is 234 g/mol. The molecule has 0 aliphatic carbocycles. The normalized spacial score (nSPS) is 10.1. The van der Waals surface area contributed by atoms with Crippen LogP contribution in [0.25, 0.3) is 11.4 Å². The Morgan fingerprint density at radius 1 is 1.33 bits per heavy atom. The molecule has 0 saturated heterocycles. The summed E-state index contributed by atoms with van der Waals surface area (Å²) in [6.45, 7) is 1.94. The quantitative estimate of drug-likeness (QED) is 0.793. The molecule has 7 heteroatoms. The van der Waals surface area contributed by atoms with Crippen molar-refractivity contribution in [3.05, 3.63) is 30.2 Å². The van der Waals surface area contributed by atoms with Gasteiger partial charge in [0.1, 0.15) is 0 Å². The maximum absolute atomic E-state index is 11.5. The first-order valence-corrected chi connectivity index (χ1v) is 5.30. The fourth-order valence-corrected chi connectivity index (χ4v) is 1.31. The summed E-state index contributed by atoms with van der Waals surface area (Å²) >= 11 is 0. The molecule has 2 heterocycles.